The fraction of sp³-hybridized carbons (Fsp3) is 0.312. The van der Waals surface area contributed by atoms with Crippen molar-refractivity contribution < 1.29 is 9.53 Å². The summed E-state index contributed by atoms with van der Waals surface area (Å²) in [6, 6.07) is 9.91. The Balaban J connectivity index is 1.93. The number of carbonyl (C=O) groups excluding carboxylic acids is 1. The molecule has 106 valence electrons. The minimum atomic E-state index is -0.00489. The lowest BCUT2D eigenvalue weighted by atomic mass is 10.1. The van der Waals surface area contributed by atoms with E-state index in [0.717, 1.165) is 27.5 Å². The molecule has 0 aliphatic heterocycles. The molecule has 1 N–H and O–H groups in total. The van der Waals surface area contributed by atoms with Gasteiger partial charge < -0.3 is 10.1 Å². The normalized spacial score (nSPS) is 10.3. The predicted molar refractivity (Wildman–Crippen MR) is 82.8 cm³/mol. The first kappa shape index (κ1) is 14.6. The van der Waals surface area contributed by atoms with E-state index in [9.17, 15) is 4.79 Å². The van der Waals surface area contributed by atoms with Crippen LogP contribution in [-0.4, -0.2) is 19.6 Å². The first-order valence-electron chi connectivity index (χ1n) is 6.58. The fourth-order valence-corrected chi connectivity index (χ4v) is 2.84. The Morgan fingerprint density at radius 2 is 2.05 bits per heavy atom. The van der Waals surface area contributed by atoms with Crippen molar-refractivity contribution >= 4 is 17.2 Å². The molecule has 0 saturated carbocycles. The lowest BCUT2D eigenvalue weighted by Crippen LogP contribution is -2.25. The van der Waals surface area contributed by atoms with E-state index in [0.29, 0.717) is 6.54 Å². The summed E-state index contributed by atoms with van der Waals surface area (Å²) in [5, 5.41) is 2.95. The molecule has 0 bridgehead atoms. The van der Waals surface area contributed by atoms with Gasteiger partial charge in [0.2, 0.25) is 0 Å². The Morgan fingerprint density at radius 3 is 2.70 bits per heavy atom. The largest absolute Gasteiger partial charge is 0.496 e. The van der Waals surface area contributed by atoms with Crippen LogP contribution in [0.25, 0.3) is 0 Å². The molecule has 0 unspecified atom stereocenters. The van der Waals surface area contributed by atoms with E-state index in [1.54, 1.807) is 7.11 Å². The number of hydrogen-bond acceptors (Lipinski definition) is 3. The summed E-state index contributed by atoms with van der Waals surface area (Å²) in [4.78, 5) is 13.8. The highest BCUT2D eigenvalue weighted by atomic mass is 32.1. The van der Waals surface area contributed by atoms with Gasteiger partial charge in [0.1, 0.15) is 5.75 Å². The van der Waals surface area contributed by atoms with Crippen molar-refractivity contribution in [1.29, 1.82) is 0 Å². The zero-order valence-corrected chi connectivity index (χ0v) is 12.8. The van der Waals surface area contributed by atoms with Gasteiger partial charge in [0.25, 0.3) is 5.91 Å². The van der Waals surface area contributed by atoms with E-state index in [1.807, 2.05) is 31.2 Å². The first-order valence-corrected chi connectivity index (χ1v) is 7.40. The first-order chi connectivity index (χ1) is 9.60. The maximum atomic E-state index is 11.9. The van der Waals surface area contributed by atoms with Crippen LogP contribution in [0.5, 0.6) is 5.75 Å². The highest BCUT2D eigenvalue weighted by Gasteiger charge is 2.08. The number of methoxy groups -OCH3 is 1. The van der Waals surface area contributed by atoms with Crippen LogP contribution in [0.4, 0.5) is 0 Å². The average Bonchev–Trinajstić information content (AvgIpc) is 2.86. The molecule has 3 nitrogen and oxygen atoms in total. The van der Waals surface area contributed by atoms with Gasteiger partial charge in [-0.1, -0.05) is 17.7 Å². The molecule has 2 aromatic rings. The number of benzene rings is 1. The molecular formula is C16H19NO2S. The number of carbonyl (C=O) groups is 1. The summed E-state index contributed by atoms with van der Waals surface area (Å²) in [5.41, 5.74) is 2.32. The van der Waals surface area contributed by atoms with Gasteiger partial charge >= 0.3 is 0 Å². The second kappa shape index (κ2) is 6.57. The van der Waals surface area contributed by atoms with Crippen LogP contribution in [0.3, 0.4) is 0 Å². The standard InChI is InChI=1S/C16H19NO2S/c1-11-4-6-14(19-3)13(10-11)8-9-17-16(18)15-7-5-12(2)20-15/h4-7,10H,8-9H2,1-3H3,(H,17,18). The molecule has 2 rings (SSSR count). The minimum absolute atomic E-state index is 0.00489. The molecule has 4 heteroatoms. The number of hydrogen-bond donors (Lipinski definition) is 1. The van der Waals surface area contributed by atoms with Gasteiger partial charge in [-0.25, -0.2) is 0 Å². The maximum absolute atomic E-state index is 11.9. The van der Waals surface area contributed by atoms with E-state index in [-0.39, 0.29) is 5.91 Å². The molecule has 1 aromatic carbocycles. The predicted octanol–water partition coefficient (Wildman–Crippen LogP) is 3.35. The van der Waals surface area contributed by atoms with Gasteiger partial charge in [-0.2, -0.15) is 0 Å². The third-order valence-corrected chi connectivity index (χ3v) is 4.08. The monoisotopic (exact) mass is 289 g/mol. The van der Waals surface area contributed by atoms with Gasteiger partial charge in [-0.15, -0.1) is 11.3 Å². The zero-order valence-electron chi connectivity index (χ0n) is 12.0. The quantitative estimate of drug-likeness (QED) is 0.916. The van der Waals surface area contributed by atoms with Crippen LogP contribution in [0.2, 0.25) is 0 Å². The summed E-state index contributed by atoms with van der Waals surface area (Å²) in [7, 11) is 1.67. The summed E-state index contributed by atoms with van der Waals surface area (Å²) in [6.45, 7) is 4.66. The second-order valence-electron chi connectivity index (χ2n) is 4.73. The lowest BCUT2D eigenvalue weighted by molar-refractivity contribution is 0.0958. The third kappa shape index (κ3) is 3.61. The minimum Gasteiger partial charge on any atom is -0.496 e. The van der Waals surface area contributed by atoms with Crippen molar-refractivity contribution in [2.75, 3.05) is 13.7 Å². The van der Waals surface area contributed by atoms with E-state index in [4.69, 9.17) is 4.74 Å². The number of nitrogens with one attached hydrogen (secondary N) is 1. The topological polar surface area (TPSA) is 38.3 Å². The Morgan fingerprint density at radius 1 is 1.25 bits per heavy atom. The van der Waals surface area contributed by atoms with Gasteiger partial charge in [0.15, 0.2) is 0 Å². The average molecular weight is 289 g/mol. The lowest BCUT2D eigenvalue weighted by Gasteiger charge is -2.10. The molecule has 0 spiro atoms. The molecule has 0 radical (unpaired) electrons. The molecular weight excluding hydrogens is 270 g/mol. The van der Waals surface area contributed by atoms with Crippen molar-refractivity contribution in [2.24, 2.45) is 0 Å². The Labute approximate surface area is 123 Å². The molecule has 0 atom stereocenters. The highest BCUT2D eigenvalue weighted by Crippen LogP contribution is 2.20. The van der Waals surface area contributed by atoms with Crippen molar-refractivity contribution in [3.8, 4) is 5.75 Å². The van der Waals surface area contributed by atoms with E-state index in [1.165, 1.54) is 16.9 Å². The van der Waals surface area contributed by atoms with Gasteiger partial charge in [-0.3, -0.25) is 4.79 Å². The van der Waals surface area contributed by atoms with E-state index >= 15 is 0 Å². The molecule has 1 heterocycles. The zero-order chi connectivity index (χ0) is 14.5. The van der Waals surface area contributed by atoms with Crippen LogP contribution in [0, 0.1) is 13.8 Å². The third-order valence-electron chi connectivity index (χ3n) is 3.08. The van der Waals surface area contributed by atoms with Crippen LogP contribution in [0.1, 0.15) is 25.7 Å². The molecule has 0 aliphatic carbocycles. The van der Waals surface area contributed by atoms with Crippen LogP contribution >= 0.6 is 11.3 Å². The smallest absolute Gasteiger partial charge is 0.261 e. The van der Waals surface area contributed by atoms with Crippen molar-refractivity contribution in [2.45, 2.75) is 20.3 Å². The summed E-state index contributed by atoms with van der Waals surface area (Å²) in [6.07, 6.45) is 0.765. The number of amides is 1. The number of rotatable bonds is 5. The molecule has 1 amide bonds. The SMILES string of the molecule is COc1ccc(C)cc1CCNC(=O)c1ccc(C)s1. The van der Waals surface area contributed by atoms with Crippen molar-refractivity contribution in [3.63, 3.8) is 0 Å². The number of aryl methyl sites for hydroxylation is 2. The van der Waals surface area contributed by atoms with Crippen LogP contribution in [0.15, 0.2) is 30.3 Å². The number of thiophene rings is 1. The molecule has 0 fully saturated rings. The number of ether oxygens (including phenoxy) is 1. The fourth-order valence-electron chi connectivity index (χ4n) is 2.06. The highest BCUT2D eigenvalue weighted by molar-refractivity contribution is 7.13. The van der Waals surface area contributed by atoms with Crippen molar-refractivity contribution in [3.05, 3.63) is 51.2 Å². The summed E-state index contributed by atoms with van der Waals surface area (Å²) in [5.74, 6) is 0.867. The Kier molecular flexibility index (Phi) is 4.79. The second-order valence-corrected chi connectivity index (χ2v) is 6.02. The van der Waals surface area contributed by atoms with Crippen molar-refractivity contribution in [1.82, 2.24) is 5.32 Å². The molecule has 20 heavy (non-hydrogen) atoms. The Hall–Kier alpha value is -1.81. The molecule has 0 aliphatic rings. The van der Waals surface area contributed by atoms with Crippen LogP contribution in [-0.2, 0) is 6.42 Å². The Bertz CT molecular complexity index is 604. The maximum Gasteiger partial charge on any atom is 0.261 e. The van der Waals surface area contributed by atoms with Crippen LogP contribution < -0.4 is 10.1 Å². The summed E-state index contributed by atoms with van der Waals surface area (Å²) < 4.78 is 5.34. The van der Waals surface area contributed by atoms with E-state index in [2.05, 4.69) is 18.3 Å². The van der Waals surface area contributed by atoms with Gasteiger partial charge in [-0.05, 0) is 44.0 Å². The molecule has 0 saturated heterocycles. The van der Waals surface area contributed by atoms with Gasteiger partial charge in [0, 0.05) is 11.4 Å². The summed E-state index contributed by atoms with van der Waals surface area (Å²) >= 11 is 1.52. The van der Waals surface area contributed by atoms with E-state index < -0.39 is 0 Å². The molecule has 1 aromatic heterocycles. The van der Waals surface area contributed by atoms with Gasteiger partial charge in [0.05, 0.1) is 12.0 Å².